The monoisotopic (exact) mass is 286 g/mol. The molecule has 1 aromatic carbocycles. The molecule has 0 bridgehead atoms. The second-order valence-electron chi connectivity index (χ2n) is 6.09. The Bertz CT molecular complexity index is 586. The van der Waals surface area contributed by atoms with E-state index in [4.69, 9.17) is 0 Å². The van der Waals surface area contributed by atoms with Gasteiger partial charge in [-0.25, -0.2) is 9.67 Å². The molecule has 0 fully saturated rings. The maximum absolute atomic E-state index is 4.45. The number of aromatic nitrogens is 3. The van der Waals surface area contributed by atoms with E-state index in [1.165, 1.54) is 16.7 Å². The van der Waals surface area contributed by atoms with Crippen molar-refractivity contribution in [2.24, 2.45) is 5.92 Å². The van der Waals surface area contributed by atoms with Gasteiger partial charge in [-0.3, -0.25) is 0 Å². The number of likely N-dealkylation sites (N-methyl/N-ethyl adjacent to an activating group) is 1. The Balaban J connectivity index is 2.24. The summed E-state index contributed by atoms with van der Waals surface area (Å²) < 4.78 is 2.03. The molecular formula is C17H26N4. The number of nitrogens with zero attached hydrogens (tertiary/aromatic N) is 3. The first-order valence-corrected chi connectivity index (χ1v) is 7.63. The molecule has 0 aliphatic carbocycles. The van der Waals surface area contributed by atoms with Crippen LogP contribution < -0.4 is 5.32 Å². The van der Waals surface area contributed by atoms with E-state index in [1.807, 2.05) is 11.7 Å². The molecule has 1 unspecified atom stereocenters. The smallest absolute Gasteiger partial charge is 0.138 e. The van der Waals surface area contributed by atoms with E-state index in [0.717, 1.165) is 18.8 Å². The number of aryl methyl sites for hydroxylation is 1. The average Bonchev–Trinajstić information content (AvgIpc) is 2.86. The lowest BCUT2D eigenvalue weighted by Gasteiger charge is -2.20. The minimum absolute atomic E-state index is 0.264. The number of nitrogens with one attached hydrogen (secondary N) is 1. The molecule has 4 heteroatoms. The van der Waals surface area contributed by atoms with Gasteiger partial charge in [0.2, 0.25) is 0 Å². The second-order valence-corrected chi connectivity index (χ2v) is 6.09. The van der Waals surface area contributed by atoms with E-state index < -0.39 is 0 Å². The lowest BCUT2D eigenvalue weighted by molar-refractivity contribution is 0.451. The van der Waals surface area contributed by atoms with Gasteiger partial charge in [0, 0.05) is 19.0 Å². The fourth-order valence-corrected chi connectivity index (χ4v) is 2.65. The van der Waals surface area contributed by atoms with Crippen LogP contribution in [-0.4, -0.2) is 21.8 Å². The zero-order chi connectivity index (χ0) is 15.4. The summed E-state index contributed by atoms with van der Waals surface area (Å²) in [7, 11) is 2.01. The van der Waals surface area contributed by atoms with Crippen LogP contribution in [0.5, 0.6) is 0 Å². The minimum Gasteiger partial charge on any atom is -0.313 e. The molecule has 2 aromatic rings. The van der Waals surface area contributed by atoms with Crippen LogP contribution in [0.25, 0.3) is 0 Å². The summed E-state index contributed by atoms with van der Waals surface area (Å²) in [6.45, 7) is 9.66. The summed E-state index contributed by atoms with van der Waals surface area (Å²) in [5.74, 6) is 1.61. The topological polar surface area (TPSA) is 42.7 Å². The molecule has 0 amide bonds. The number of hydrogen-bond acceptors (Lipinski definition) is 3. The van der Waals surface area contributed by atoms with Crippen LogP contribution >= 0.6 is 0 Å². The molecule has 0 aliphatic rings. The lowest BCUT2D eigenvalue weighted by Crippen LogP contribution is -2.22. The number of rotatable bonds is 6. The van der Waals surface area contributed by atoms with Gasteiger partial charge in [-0.15, -0.1) is 0 Å². The van der Waals surface area contributed by atoms with Crippen LogP contribution in [-0.2, 0) is 13.0 Å². The molecule has 1 aromatic heterocycles. The molecule has 0 spiro atoms. The predicted octanol–water partition coefficient (Wildman–Crippen LogP) is 3.05. The van der Waals surface area contributed by atoms with Gasteiger partial charge in [0.15, 0.2) is 0 Å². The first-order chi connectivity index (χ1) is 10.0. The molecule has 4 nitrogen and oxygen atoms in total. The van der Waals surface area contributed by atoms with Gasteiger partial charge in [-0.1, -0.05) is 32.0 Å². The van der Waals surface area contributed by atoms with E-state index in [9.17, 15) is 0 Å². The summed E-state index contributed by atoms with van der Waals surface area (Å²) in [5.41, 5.74) is 4.03. The van der Waals surface area contributed by atoms with Crippen LogP contribution in [0.4, 0.5) is 0 Å². The van der Waals surface area contributed by atoms with E-state index in [1.54, 1.807) is 6.33 Å². The van der Waals surface area contributed by atoms with Gasteiger partial charge < -0.3 is 5.32 Å². The van der Waals surface area contributed by atoms with Crippen LogP contribution in [0.1, 0.15) is 42.4 Å². The summed E-state index contributed by atoms with van der Waals surface area (Å²) in [6.07, 6.45) is 2.51. The molecule has 1 N–H and O–H groups in total. The highest BCUT2D eigenvalue weighted by Gasteiger charge is 2.17. The van der Waals surface area contributed by atoms with Crippen molar-refractivity contribution in [3.8, 4) is 0 Å². The van der Waals surface area contributed by atoms with Crippen molar-refractivity contribution < 1.29 is 0 Å². The van der Waals surface area contributed by atoms with Crippen molar-refractivity contribution in [1.29, 1.82) is 0 Å². The summed E-state index contributed by atoms with van der Waals surface area (Å²) >= 11 is 0. The molecule has 0 saturated carbocycles. The van der Waals surface area contributed by atoms with Crippen molar-refractivity contribution >= 4 is 0 Å². The predicted molar refractivity (Wildman–Crippen MR) is 86.3 cm³/mol. The Morgan fingerprint density at radius 1 is 1.24 bits per heavy atom. The zero-order valence-electron chi connectivity index (χ0n) is 13.7. The van der Waals surface area contributed by atoms with Crippen LogP contribution in [0, 0.1) is 19.8 Å². The van der Waals surface area contributed by atoms with Crippen molar-refractivity contribution in [2.75, 3.05) is 7.05 Å². The van der Waals surface area contributed by atoms with Crippen LogP contribution in [0.3, 0.4) is 0 Å². The highest BCUT2D eigenvalue weighted by atomic mass is 15.3. The fourth-order valence-electron chi connectivity index (χ4n) is 2.65. The third kappa shape index (κ3) is 3.70. The zero-order valence-corrected chi connectivity index (χ0v) is 13.7. The third-order valence-corrected chi connectivity index (χ3v) is 3.99. The molecule has 2 rings (SSSR count). The third-order valence-electron chi connectivity index (χ3n) is 3.99. The Hall–Kier alpha value is -1.68. The van der Waals surface area contributed by atoms with Crippen LogP contribution in [0.15, 0.2) is 24.5 Å². The summed E-state index contributed by atoms with van der Waals surface area (Å²) in [6, 6.07) is 6.75. The molecule has 1 heterocycles. The van der Waals surface area contributed by atoms with Gasteiger partial charge in [0.25, 0.3) is 0 Å². The van der Waals surface area contributed by atoms with Gasteiger partial charge in [0.1, 0.15) is 12.2 Å². The standard InChI is InChI=1S/C17H26N4/c1-12(2)10-21-17(19-11-20-21)9-16(18-5)15-8-6-7-13(3)14(15)4/h6-8,11-12,16,18H,9-10H2,1-5H3. The van der Waals surface area contributed by atoms with Crippen molar-refractivity contribution in [3.05, 3.63) is 47.0 Å². The minimum atomic E-state index is 0.264. The maximum Gasteiger partial charge on any atom is 0.138 e. The summed E-state index contributed by atoms with van der Waals surface area (Å²) in [4.78, 5) is 4.45. The highest BCUT2D eigenvalue weighted by Crippen LogP contribution is 2.23. The molecule has 0 saturated heterocycles. The van der Waals surface area contributed by atoms with Crippen molar-refractivity contribution in [1.82, 2.24) is 20.1 Å². The van der Waals surface area contributed by atoms with Crippen molar-refractivity contribution in [3.63, 3.8) is 0 Å². The normalized spacial score (nSPS) is 12.9. The SMILES string of the molecule is CNC(Cc1ncnn1CC(C)C)c1cccc(C)c1C. The maximum atomic E-state index is 4.45. The molecular weight excluding hydrogens is 260 g/mol. The van der Waals surface area contributed by atoms with E-state index in [-0.39, 0.29) is 6.04 Å². The Kier molecular flexibility index (Phi) is 5.12. The number of benzene rings is 1. The quantitative estimate of drug-likeness (QED) is 0.887. The lowest BCUT2D eigenvalue weighted by atomic mass is 9.95. The van der Waals surface area contributed by atoms with Crippen molar-refractivity contribution in [2.45, 2.75) is 46.7 Å². The molecule has 0 aliphatic heterocycles. The largest absolute Gasteiger partial charge is 0.313 e. The Morgan fingerprint density at radius 2 is 2.00 bits per heavy atom. The second kappa shape index (κ2) is 6.85. The fraction of sp³-hybridized carbons (Fsp3) is 0.529. The van der Waals surface area contributed by atoms with Gasteiger partial charge in [0.05, 0.1) is 0 Å². The first-order valence-electron chi connectivity index (χ1n) is 7.63. The van der Waals surface area contributed by atoms with E-state index >= 15 is 0 Å². The molecule has 1 atom stereocenters. The average molecular weight is 286 g/mol. The van der Waals surface area contributed by atoms with Gasteiger partial charge in [-0.2, -0.15) is 5.10 Å². The van der Waals surface area contributed by atoms with Gasteiger partial charge in [-0.05, 0) is 43.5 Å². The first kappa shape index (κ1) is 15.7. The van der Waals surface area contributed by atoms with Crippen LogP contribution in [0.2, 0.25) is 0 Å². The number of hydrogen-bond donors (Lipinski definition) is 1. The van der Waals surface area contributed by atoms with Gasteiger partial charge >= 0.3 is 0 Å². The van der Waals surface area contributed by atoms with E-state index in [0.29, 0.717) is 5.92 Å². The Morgan fingerprint density at radius 3 is 2.67 bits per heavy atom. The molecule has 21 heavy (non-hydrogen) atoms. The molecule has 0 radical (unpaired) electrons. The molecule has 114 valence electrons. The Labute approximate surface area is 127 Å². The van der Waals surface area contributed by atoms with E-state index in [2.05, 4.69) is 61.3 Å². The summed E-state index contributed by atoms with van der Waals surface area (Å²) in [5, 5.41) is 7.78. The highest BCUT2D eigenvalue weighted by molar-refractivity contribution is 5.35.